The van der Waals surface area contributed by atoms with Gasteiger partial charge in [0, 0.05) is 18.2 Å². The molecule has 0 saturated heterocycles. The third kappa shape index (κ3) is 1.41. The van der Waals surface area contributed by atoms with Crippen molar-refractivity contribution in [3.63, 3.8) is 0 Å². The number of phenolic OH excluding ortho intramolecular Hbond substituents is 1. The maximum absolute atomic E-state index is 13.3. The van der Waals surface area contributed by atoms with Crippen LogP contribution in [-0.2, 0) is 7.05 Å². The highest BCUT2D eigenvalue weighted by molar-refractivity contribution is 5.80. The second-order valence-corrected chi connectivity index (χ2v) is 3.65. The Hall–Kier alpha value is -2.04. The molecule has 0 atom stereocenters. The number of aromatic hydroxyl groups is 1. The number of phenols is 1. The molecule has 0 aliphatic rings. The first kappa shape index (κ1) is 10.5. The lowest BCUT2D eigenvalue weighted by Gasteiger charge is -2.08. The third-order valence-electron chi connectivity index (χ3n) is 2.59. The van der Waals surface area contributed by atoms with Gasteiger partial charge in [0.1, 0.15) is 5.82 Å². The van der Waals surface area contributed by atoms with Crippen LogP contribution in [0.15, 0.2) is 18.3 Å². The SMILES string of the molecule is Cc1ccc(F)c(O)c1-c1cnn(C)c1N. The minimum Gasteiger partial charge on any atom is -0.504 e. The lowest BCUT2D eigenvalue weighted by molar-refractivity contribution is 0.434. The molecule has 16 heavy (non-hydrogen) atoms. The number of benzene rings is 1. The number of nitrogens with two attached hydrogens (primary N) is 1. The summed E-state index contributed by atoms with van der Waals surface area (Å²) in [5.41, 5.74) is 7.47. The molecular weight excluding hydrogens is 209 g/mol. The van der Waals surface area contributed by atoms with Gasteiger partial charge in [0.2, 0.25) is 0 Å². The monoisotopic (exact) mass is 221 g/mol. The van der Waals surface area contributed by atoms with Crippen LogP contribution in [0.4, 0.5) is 10.2 Å². The van der Waals surface area contributed by atoms with Crippen molar-refractivity contribution in [3.05, 3.63) is 29.7 Å². The van der Waals surface area contributed by atoms with E-state index in [1.54, 1.807) is 20.0 Å². The molecule has 0 aliphatic heterocycles. The smallest absolute Gasteiger partial charge is 0.165 e. The van der Waals surface area contributed by atoms with Crippen LogP contribution in [0.25, 0.3) is 11.1 Å². The van der Waals surface area contributed by atoms with Crippen LogP contribution in [0, 0.1) is 12.7 Å². The number of aryl methyl sites for hydroxylation is 2. The Bertz CT molecular complexity index is 548. The van der Waals surface area contributed by atoms with Crippen molar-refractivity contribution >= 4 is 5.82 Å². The van der Waals surface area contributed by atoms with Gasteiger partial charge >= 0.3 is 0 Å². The first-order chi connectivity index (χ1) is 7.52. The molecule has 0 aliphatic carbocycles. The summed E-state index contributed by atoms with van der Waals surface area (Å²) in [6, 6.07) is 2.82. The first-order valence-corrected chi connectivity index (χ1v) is 4.78. The van der Waals surface area contributed by atoms with Gasteiger partial charge in [-0.3, -0.25) is 4.68 Å². The van der Waals surface area contributed by atoms with Crippen molar-refractivity contribution in [2.45, 2.75) is 6.92 Å². The summed E-state index contributed by atoms with van der Waals surface area (Å²) in [4.78, 5) is 0. The normalized spacial score (nSPS) is 10.7. The minimum absolute atomic E-state index is 0.389. The zero-order valence-electron chi connectivity index (χ0n) is 9.03. The van der Waals surface area contributed by atoms with Gasteiger partial charge in [-0.2, -0.15) is 5.10 Å². The largest absolute Gasteiger partial charge is 0.504 e. The van der Waals surface area contributed by atoms with E-state index in [4.69, 9.17) is 5.73 Å². The summed E-state index contributed by atoms with van der Waals surface area (Å²) < 4.78 is 14.7. The van der Waals surface area contributed by atoms with E-state index >= 15 is 0 Å². The van der Waals surface area contributed by atoms with Crippen LogP contribution in [0.1, 0.15) is 5.56 Å². The van der Waals surface area contributed by atoms with Crippen LogP contribution in [0.3, 0.4) is 0 Å². The van der Waals surface area contributed by atoms with E-state index in [1.165, 1.54) is 16.9 Å². The molecule has 0 radical (unpaired) electrons. The molecule has 84 valence electrons. The van der Waals surface area contributed by atoms with Crippen LogP contribution in [0.2, 0.25) is 0 Å². The molecule has 2 aromatic rings. The maximum Gasteiger partial charge on any atom is 0.165 e. The lowest BCUT2D eigenvalue weighted by Crippen LogP contribution is -1.98. The molecular formula is C11H12FN3O. The Morgan fingerprint density at radius 2 is 2.12 bits per heavy atom. The number of nitrogens with zero attached hydrogens (tertiary/aromatic N) is 2. The average Bonchev–Trinajstić information content (AvgIpc) is 2.56. The zero-order valence-corrected chi connectivity index (χ0v) is 9.03. The fourth-order valence-corrected chi connectivity index (χ4v) is 1.65. The summed E-state index contributed by atoms with van der Waals surface area (Å²) in [7, 11) is 1.69. The molecule has 0 spiro atoms. The highest BCUT2D eigenvalue weighted by Gasteiger charge is 2.16. The molecule has 5 heteroatoms. The standard InChI is InChI=1S/C11H12FN3O/c1-6-3-4-8(12)10(16)9(6)7-5-14-15(2)11(7)13/h3-5,16H,13H2,1-2H3. The van der Waals surface area contributed by atoms with E-state index in [1.807, 2.05) is 0 Å². The van der Waals surface area contributed by atoms with Gasteiger partial charge < -0.3 is 10.8 Å². The van der Waals surface area contributed by atoms with Crippen LogP contribution >= 0.6 is 0 Å². The lowest BCUT2D eigenvalue weighted by atomic mass is 10.0. The number of halogens is 1. The van der Waals surface area contributed by atoms with Gasteiger partial charge in [-0.25, -0.2) is 4.39 Å². The summed E-state index contributed by atoms with van der Waals surface area (Å²) in [5.74, 6) is -0.660. The Morgan fingerprint density at radius 3 is 2.69 bits per heavy atom. The molecule has 3 N–H and O–H groups in total. The average molecular weight is 221 g/mol. The molecule has 0 saturated carbocycles. The molecule has 1 aromatic heterocycles. The van der Waals surface area contributed by atoms with Crippen molar-refractivity contribution in [2.75, 3.05) is 5.73 Å². The third-order valence-corrected chi connectivity index (χ3v) is 2.59. The van der Waals surface area contributed by atoms with Crippen molar-refractivity contribution in [3.8, 4) is 16.9 Å². The van der Waals surface area contributed by atoms with Gasteiger partial charge in [-0.15, -0.1) is 0 Å². The van der Waals surface area contributed by atoms with Crippen LogP contribution in [0.5, 0.6) is 5.75 Å². The highest BCUT2D eigenvalue weighted by Crippen LogP contribution is 2.37. The summed E-state index contributed by atoms with van der Waals surface area (Å²) in [6.45, 7) is 1.78. The second kappa shape index (κ2) is 3.52. The molecule has 0 fully saturated rings. The Labute approximate surface area is 92.1 Å². The summed E-state index contributed by atoms with van der Waals surface area (Å²) in [6.07, 6.45) is 1.51. The topological polar surface area (TPSA) is 64.1 Å². The van der Waals surface area contributed by atoms with Crippen LogP contribution in [-0.4, -0.2) is 14.9 Å². The minimum atomic E-state index is -0.663. The number of hydrogen-bond acceptors (Lipinski definition) is 3. The van der Waals surface area contributed by atoms with Gasteiger partial charge in [-0.05, 0) is 18.6 Å². The first-order valence-electron chi connectivity index (χ1n) is 4.78. The van der Waals surface area contributed by atoms with Crippen LogP contribution < -0.4 is 5.73 Å². The molecule has 4 nitrogen and oxygen atoms in total. The molecule has 1 heterocycles. The number of rotatable bonds is 1. The van der Waals surface area contributed by atoms with Gasteiger partial charge in [0.05, 0.1) is 6.20 Å². The van der Waals surface area contributed by atoms with E-state index in [0.29, 0.717) is 16.9 Å². The molecule has 0 unspecified atom stereocenters. The number of anilines is 1. The van der Waals surface area contributed by atoms with Gasteiger partial charge in [0.15, 0.2) is 11.6 Å². The zero-order chi connectivity index (χ0) is 11.9. The molecule has 1 aromatic carbocycles. The van der Waals surface area contributed by atoms with Crippen molar-refractivity contribution < 1.29 is 9.50 Å². The van der Waals surface area contributed by atoms with E-state index in [2.05, 4.69) is 5.10 Å². The number of hydrogen-bond donors (Lipinski definition) is 2. The van der Waals surface area contributed by atoms with Crippen molar-refractivity contribution in [1.29, 1.82) is 0 Å². The summed E-state index contributed by atoms with van der Waals surface area (Å²) in [5, 5.41) is 13.7. The molecule has 0 bridgehead atoms. The number of nitrogen functional groups attached to an aromatic ring is 1. The highest BCUT2D eigenvalue weighted by atomic mass is 19.1. The van der Waals surface area contributed by atoms with Gasteiger partial charge in [0.25, 0.3) is 0 Å². The molecule has 2 rings (SSSR count). The Balaban J connectivity index is 2.73. The Kier molecular flexibility index (Phi) is 2.30. The molecule has 0 amide bonds. The van der Waals surface area contributed by atoms with E-state index in [0.717, 1.165) is 5.56 Å². The fraction of sp³-hybridized carbons (Fsp3) is 0.182. The maximum atomic E-state index is 13.3. The van der Waals surface area contributed by atoms with E-state index < -0.39 is 5.82 Å². The fourth-order valence-electron chi connectivity index (χ4n) is 1.65. The predicted molar refractivity (Wildman–Crippen MR) is 59.4 cm³/mol. The van der Waals surface area contributed by atoms with E-state index in [-0.39, 0.29) is 5.75 Å². The quantitative estimate of drug-likeness (QED) is 0.772. The second-order valence-electron chi connectivity index (χ2n) is 3.65. The Morgan fingerprint density at radius 1 is 1.44 bits per heavy atom. The van der Waals surface area contributed by atoms with Crippen molar-refractivity contribution in [1.82, 2.24) is 9.78 Å². The summed E-state index contributed by atoms with van der Waals surface area (Å²) >= 11 is 0. The van der Waals surface area contributed by atoms with Crippen molar-refractivity contribution in [2.24, 2.45) is 7.05 Å². The predicted octanol–water partition coefficient (Wildman–Crippen LogP) is 1.82. The van der Waals surface area contributed by atoms with Gasteiger partial charge in [-0.1, -0.05) is 6.07 Å². The number of aromatic nitrogens is 2. The van der Waals surface area contributed by atoms with E-state index in [9.17, 15) is 9.50 Å².